The van der Waals surface area contributed by atoms with Crippen LogP contribution in [0.2, 0.25) is 0 Å². The number of carbonyl (C=O) groups excluding carboxylic acids is 1. The van der Waals surface area contributed by atoms with Crippen molar-refractivity contribution >= 4 is 24.9 Å². The number of ether oxygens (including phenoxy) is 1. The maximum atomic E-state index is 13.0. The smallest absolute Gasteiger partial charge is 0.356 e. The second-order valence-corrected chi connectivity index (χ2v) is 7.81. The average molecular weight is 378 g/mol. The van der Waals surface area contributed by atoms with E-state index in [1.54, 1.807) is 55.6 Å². The molecule has 0 saturated carbocycles. The first-order chi connectivity index (χ1) is 12.4. The molecule has 2 aromatic carbocycles. The molecule has 26 heavy (non-hydrogen) atoms. The lowest BCUT2D eigenvalue weighted by Crippen LogP contribution is -2.14. The van der Waals surface area contributed by atoms with E-state index in [4.69, 9.17) is 13.8 Å². The van der Waals surface area contributed by atoms with Crippen molar-refractivity contribution in [3.63, 3.8) is 0 Å². The van der Waals surface area contributed by atoms with E-state index >= 15 is 0 Å². The second kappa shape index (κ2) is 8.85. The minimum Gasteiger partial charge on any atom is -0.497 e. The third-order valence-corrected chi connectivity index (χ3v) is 5.84. The van der Waals surface area contributed by atoms with Crippen molar-refractivity contribution in [1.29, 1.82) is 0 Å². The Morgan fingerprint density at radius 2 is 1.46 bits per heavy atom. The Kier molecular flexibility index (Phi) is 6.80. The molecule has 0 aliphatic heterocycles. The average Bonchev–Trinajstić information content (AvgIpc) is 2.66. The summed E-state index contributed by atoms with van der Waals surface area (Å²) in [6.45, 7) is 1.44. The number of rotatable bonds is 8. The van der Waals surface area contributed by atoms with Gasteiger partial charge in [0.15, 0.2) is 5.78 Å². The van der Waals surface area contributed by atoms with Gasteiger partial charge in [-0.25, -0.2) is 0 Å². The van der Waals surface area contributed by atoms with Crippen LogP contribution in [0.25, 0.3) is 0 Å². The number of anilines is 2. The molecule has 8 heteroatoms. The Balaban J connectivity index is 2.31. The van der Waals surface area contributed by atoms with Crippen LogP contribution in [0.4, 0.5) is 11.4 Å². The van der Waals surface area contributed by atoms with Gasteiger partial charge in [-0.05, 0) is 42.0 Å². The van der Waals surface area contributed by atoms with Gasteiger partial charge in [-0.2, -0.15) is 0 Å². The number of hydrogen-bond donors (Lipinski definition) is 2. The Morgan fingerprint density at radius 3 is 1.92 bits per heavy atom. The molecule has 0 saturated heterocycles. The zero-order chi connectivity index (χ0) is 19.2. The first-order valence-corrected chi connectivity index (χ1v) is 9.52. The fraction of sp³-hybridized carbons (Fsp3) is 0.278. The van der Waals surface area contributed by atoms with Crippen LogP contribution < -0.4 is 15.4 Å². The van der Waals surface area contributed by atoms with Gasteiger partial charge in [-0.1, -0.05) is 12.1 Å². The van der Waals surface area contributed by atoms with Crippen LogP contribution in [-0.4, -0.2) is 27.2 Å². The van der Waals surface area contributed by atoms with Gasteiger partial charge < -0.3 is 24.4 Å². The van der Waals surface area contributed by atoms with Crippen molar-refractivity contribution in [1.82, 2.24) is 0 Å². The Hall–Kier alpha value is -2.34. The molecule has 0 bridgehead atoms. The van der Waals surface area contributed by atoms with Gasteiger partial charge in [0.05, 0.1) is 7.11 Å². The molecule has 2 rings (SSSR count). The minimum atomic E-state index is -3.46. The Labute approximate surface area is 153 Å². The van der Waals surface area contributed by atoms with E-state index < -0.39 is 13.4 Å². The van der Waals surface area contributed by atoms with Crippen molar-refractivity contribution in [2.24, 2.45) is 0 Å². The molecular formula is C18H23N2O5P. The third kappa shape index (κ3) is 4.85. The summed E-state index contributed by atoms with van der Waals surface area (Å²) in [6.07, 6.45) is 0. The standard InChI is InChI=1S/C18H23N2O5P/c1-13(21)19-15-7-9-16(10-8-15)20-18(26(22,24-3)25-4)14-5-11-17(23-2)12-6-14/h5-12,18,20H,1-4H3,(H,19,21)/t18-/m0/s1. The fourth-order valence-electron chi connectivity index (χ4n) is 2.43. The van der Waals surface area contributed by atoms with Crippen molar-refractivity contribution < 1.29 is 23.1 Å². The molecule has 0 unspecified atom stereocenters. The lowest BCUT2D eigenvalue weighted by atomic mass is 10.2. The van der Waals surface area contributed by atoms with Crippen LogP contribution in [0.15, 0.2) is 48.5 Å². The largest absolute Gasteiger partial charge is 0.497 e. The number of nitrogens with one attached hydrogen (secondary N) is 2. The van der Waals surface area contributed by atoms with Crippen LogP contribution in [0.5, 0.6) is 5.75 Å². The maximum absolute atomic E-state index is 13.0. The SMILES string of the molecule is COc1ccc([C@@H](Nc2ccc(NC(C)=O)cc2)P(=O)(OC)OC)cc1. The zero-order valence-electron chi connectivity index (χ0n) is 15.2. The first-order valence-electron chi connectivity index (χ1n) is 7.91. The summed E-state index contributed by atoms with van der Waals surface area (Å²) in [5.41, 5.74) is 2.10. The quantitative estimate of drug-likeness (QED) is 0.668. The third-order valence-electron chi connectivity index (χ3n) is 3.77. The highest BCUT2D eigenvalue weighted by Gasteiger charge is 2.35. The van der Waals surface area contributed by atoms with Crippen LogP contribution in [-0.2, 0) is 18.4 Å². The predicted molar refractivity (Wildman–Crippen MR) is 102 cm³/mol. The number of benzene rings is 2. The lowest BCUT2D eigenvalue weighted by molar-refractivity contribution is -0.114. The Morgan fingerprint density at radius 1 is 0.923 bits per heavy atom. The Bertz CT molecular complexity index is 769. The number of methoxy groups -OCH3 is 1. The van der Waals surface area contributed by atoms with Crippen LogP contribution in [0.3, 0.4) is 0 Å². The summed E-state index contributed by atoms with van der Waals surface area (Å²) in [5, 5.41) is 5.89. The fourth-order valence-corrected chi connectivity index (χ4v) is 3.84. The van der Waals surface area contributed by atoms with Crippen molar-refractivity contribution in [3.05, 3.63) is 54.1 Å². The van der Waals surface area contributed by atoms with Crippen molar-refractivity contribution in [2.75, 3.05) is 32.0 Å². The molecule has 140 valence electrons. The van der Waals surface area contributed by atoms with Gasteiger partial charge in [-0.15, -0.1) is 0 Å². The van der Waals surface area contributed by atoms with Gasteiger partial charge in [0.25, 0.3) is 0 Å². The summed E-state index contributed by atoms with van der Waals surface area (Å²) < 4.78 is 28.6. The molecule has 7 nitrogen and oxygen atoms in total. The highest BCUT2D eigenvalue weighted by Crippen LogP contribution is 2.59. The first kappa shape index (κ1) is 20.0. The van der Waals surface area contributed by atoms with E-state index in [1.165, 1.54) is 21.1 Å². The topological polar surface area (TPSA) is 85.9 Å². The van der Waals surface area contributed by atoms with Crippen molar-refractivity contribution in [2.45, 2.75) is 12.7 Å². The van der Waals surface area contributed by atoms with Crippen LogP contribution in [0.1, 0.15) is 18.3 Å². The van der Waals surface area contributed by atoms with Crippen LogP contribution in [0, 0.1) is 0 Å². The maximum Gasteiger partial charge on any atom is 0.356 e. The molecule has 2 aromatic rings. The molecule has 0 aromatic heterocycles. The van der Waals surface area contributed by atoms with E-state index in [0.717, 1.165) is 5.56 Å². The molecule has 2 N–H and O–H groups in total. The summed E-state index contributed by atoms with van der Waals surface area (Å²) >= 11 is 0. The van der Waals surface area contributed by atoms with Gasteiger partial charge in [-0.3, -0.25) is 9.36 Å². The molecule has 0 aliphatic rings. The zero-order valence-corrected chi connectivity index (χ0v) is 16.1. The normalized spacial score (nSPS) is 12.3. The molecule has 0 fully saturated rings. The van der Waals surface area contributed by atoms with E-state index in [2.05, 4.69) is 10.6 Å². The van der Waals surface area contributed by atoms with Gasteiger partial charge in [0.2, 0.25) is 5.91 Å². The summed E-state index contributed by atoms with van der Waals surface area (Å²) in [5.74, 6) is -0.170. The monoisotopic (exact) mass is 378 g/mol. The summed E-state index contributed by atoms with van der Waals surface area (Å²) in [4.78, 5) is 11.1. The molecular weight excluding hydrogens is 355 g/mol. The van der Waals surface area contributed by atoms with Crippen molar-refractivity contribution in [3.8, 4) is 5.75 Å². The van der Waals surface area contributed by atoms with Gasteiger partial charge >= 0.3 is 7.60 Å². The van der Waals surface area contributed by atoms with E-state index in [9.17, 15) is 9.36 Å². The number of carbonyl (C=O) groups is 1. The van der Waals surface area contributed by atoms with Gasteiger partial charge in [0, 0.05) is 32.5 Å². The van der Waals surface area contributed by atoms with E-state index in [-0.39, 0.29) is 5.91 Å². The lowest BCUT2D eigenvalue weighted by Gasteiger charge is -2.26. The molecule has 0 radical (unpaired) electrons. The predicted octanol–water partition coefficient (Wildman–Crippen LogP) is 4.25. The van der Waals surface area contributed by atoms with Gasteiger partial charge in [0.1, 0.15) is 5.75 Å². The minimum absolute atomic E-state index is 0.148. The number of hydrogen-bond acceptors (Lipinski definition) is 6. The summed E-state index contributed by atoms with van der Waals surface area (Å²) in [6, 6.07) is 14.2. The molecule has 0 spiro atoms. The highest BCUT2D eigenvalue weighted by atomic mass is 31.2. The summed E-state index contributed by atoms with van der Waals surface area (Å²) in [7, 11) is 0.821. The molecule has 1 atom stereocenters. The molecule has 0 heterocycles. The second-order valence-electron chi connectivity index (χ2n) is 5.48. The highest BCUT2D eigenvalue weighted by molar-refractivity contribution is 7.54. The molecule has 1 amide bonds. The molecule has 0 aliphatic carbocycles. The van der Waals surface area contributed by atoms with E-state index in [0.29, 0.717) is 17.1 Å². The number of amides is 1. The van der Waals surface area contributed by atoms with E-state index in [1.807, 2.05) is 0 Å². The van der Waals surface area contributed by atoms with Crippen LogP contribution >= 0.6 is 7.60 Å².